The average molecular weight is 200 g/mol. The third-order valence-electron chi connectivity index (χ3n) is 2.34. The summed E-state index contributed by atoms with van der Waals surface area (Å²) in [5.74, 6) is 0. The van der Waals surface area contributed by atoms with Gasteiger partial charge in [-0.2, -0.15) is 0 Å². The summed E-state index contributed by atoms with van der Waals surface area (Å²) in [6, 6.07) is 1.36. The van der Waals surface area contributed by atoms with Gasteiger partial charge < -0.3 is 15.4 Å². The minimum absolute atomic E-state index is 0.344. The maximum Gasteiger partial charge on any atom is 0.0594 e. The summed E-state index contributed by atoms with van der Waals surface area (Å²) in [5, 5.41) is 6.94. The maximum atomic E-state index is 5.45. The highest BCUT2D eigenvalue weighted by Gasteiger charge is 2.20. The molecule has 0 aromatic carbocycles. The molecule has 84 valence electrons. The minimum atomic E-state index is 0.344. The average Bonchev–Trinajstić information content (AvgIpc) is 2.92. The van der Waals surface area contributed by atoms with E-state index < -0.39 is 0 Å². The van der Waals surface area contributed by atoms with E-state index in [2.05, 4.69) is 31.4 Å². The molecule has 3 nitrogen and oxygen atoms in total. The predicted molar refractivity (Wildman–Crippen MR) is 59.6 cm³/mol. The smallest absolute Gasteiger partial charge is 0.0594 e. The van der Waals surface area contributed by atoms with Crippen LogP contribution in [0.25, 0.3) is 0 Å². The first kappa shape index (κ1) is 12.0. The summed E-state index contributed by atoms with van der Waals surface area (Å²) in [7, 11) is 0. The second kappa shape index (κ2) is 6.38. The van der Waals surface area contributed by atoms with Crippen molar-refractivity contribution in [3.8, 4) is 0 Å². The Kier molecular flexibility index (Phi) is 5.45. The van der Waals surface area contributed by atoms with Crippen molar-refractivity contribution in [2.75, 3.05) is 19.7 Å². The molecule has 1 unspecified atom stereocenters. The van der Waals surface area contributed by atoms with Crippen LogP contribution < -0.4 is 10.6 Å². The van der Waals surface area contributed by atoms with E-state index in [9.17, 15) is 0 Å². The molecule has 2 N–H and O–H groups in total. The lowest BCUT2D eigenvalue weighted by atomic mass is 10.3. The van der Waals surface area contributed by atoms with Gasteiger partial charge in [0.1, 0.15) is 0 Å². The topological polar surface area (TPSA) is 33.3 Å². The van der Waals surface area contributed by atoms with Crippen molar-refractivity contribution in [3.63, 3.8) is 0 Å². The minimum Gasteiger partial charge on any atom is -0.377 e. The molecule has 0 heterocycles. The highest BCUT2D eigenvalue weighted by atomic mass is 16.5. The van der Waals surface area contributed by atoms with Crippen LogP contribution in [-0.2, 0) is 4.74 Å². The van der Waals surface area contributed by atoms with E-state index in [1.807, 2.05) is 0 Å². The summed E-state index contributed by atoms with van der Waals surface area (Å²) in [4.78, 5) is 0. The molecule has 1 saturated carbocycles. The third kappa shape index (κ3) is 6.35. The molecule has 3 heteroatoms. The van der Waals surface area contributed by atoms with Crippen LogP contribution in [-0.4, -0.2) is 37.9 Å². The number of rotatable bonds is 8. The Morgan fingerprint density at radius 1 is 1.29 bits per heavy atom. The lowest BCUT2D eigenvalue weighted by Gasteiger charge is -2.15. The second-order valence-corrected chi connectivity index (χ2v) is 4.46. The second-order valence-electron chi connectivity index (χ2n) is 4.46. The lowest BCUT2D eigenvalue weighted by molar-refractivity contribution is 0.0796. The van der Waals surface area contributed by atoms with Gasteiger partial charge in [-0.05, 0) is 33.6 Å². The van der Waals surface area contributed by atoms with Gasteiger partial charge in [0.05, 0.1) is 12.7 Å². The summed E-state index contributed by atoms with van der Waals surface area (Å²) in [6.45, 7) is 9.18. The van der Waals surface area contributed by atoms with E-state index in [1.165, 1.54) is 12.8 Å². The van der Waals surface area contributed by atoms with Gasteiger partial charge in [0.15, 0.2) is 0 Å². The van der Waals surface area contributed by atoms with Gasteiger partial charge in [0.25, 0.3) is 0 Å². The number of hydrogen-bond acceptors (Lipinski definition) is 3. The first-order chi connectivity index (χ1) is 6.68. The number of nitrogens with one attached hydrogen (secondary N) is 2. The Morgan fingerprint density at radius 2 is 2.00 bits per heavy atom. The molecule has 0 spiro atoms. The molecule has 0 aromatic rings. The van der Waals surface area contributed by atoms with Crippen molar-refractivity contribution < 1.29 is 4.74 Å². The van der Waals surface area contributed by atoms with E-state index in [0.29, 0.717) is 12.1 Å². The summed E-state index contributed by atoms with van der Waals surface area (Å²) in [5.41, 5.74) is 0. The normalized spacial score (nSPS) is 18.9. The van der Waals surface area contributed by atoms with Crippen molar-refractivity contribution in [3.05, 3.63) is 0 Å². The Hall–Kier alpha value is -0.120. The summed E-state index contributed by atoms with van der Waals surface area (Å²) >= 11 is 0. The fourth-order valence-corrected chi connectivity index (χ4v) is 1.30. The van der Waals surface area contributed by atoms with Gasteiger partial charge >= 0.3 is 0 Å². The summed E-state index contributed by atoms with van der Waals surface area (Å²) in [6.07, 6.45) is 3.07. The van der Waals surface area contributed by atoms with Crippen molar-refractivity contribution in [1.29, 1.82) is 0 Å². The zero-order valence-electron chi connectivity index (χ0n) is 9.68. The van der Waals surface area contributed by atoms with Gasteiger partial charge in [-0.3, -0.25) is 0 Å². The van der Waals surface area contributed by atoms with E-state index in [0.717, 1.165) is 25.7 Å². The molecule has 1 aliphatic carbocycles. The first-order valence-electron chi connectivity index (χ1n) is 5.77. The quantitative estimate of drug-likeness (QED) is 0.577. The molecule has 1 atom stereocenters. The van der Waals surface area contributed by atoms with Crippen LogP contribution in [0, 0.1) is 0 Å². The van der Waals surface area contributed by atoms with E-state index >= 15 is 0 Å². The fraction of sp³-hybridized carbons (Fsp3) is 1.00. The van der Waals surface area contributed by atoms with Crippen LogP contribution in [0.15, 0.2) is 0 Å². The Labute approximate surface area is 87.6 Å². The van der Waals surface area contributed by atoms with Crippen LogP contribution in [0.4, 0.5) is 0 Å². The SMILES string of the molecule is CC(CNC1CC1)NCCOC(C)C. The number of hydrogen-bond donors (Lipinski definition) is 2. The van der Waals surface area contributed by atoms with Gasteiger partial charge in [0, 0.05) is 25.2 Å². The van der Waals surface area contributed by atoms with E-state index in [4.69, 9.17) is 4.74 Å². The van der Waals surface area contributed by atoms with Gasteiger partial charge in [-0.1, -0.05) is 0 Å². The van der Waals surface area contributed by atoms with E-state index in [-0.39, 0.29) is 0 Å². The Balaban J connectivity index is 1.83. The van der Waals surface area contributed by atoms with Crippen LogP contribution >= 0.6 is 0 Å². The number of ether oxygens (including phenoxy) is 1. The fourth-order valence-electron chi connectivity index (χ4n) is 1.30. The van der Waals surface area contributed by atoms with Gasteiger partial charge in [0.2, 0.25) is 0 Å². The molecule has 14 heavy (non-hydrogen) atoms. The largest absolute Gasteiger partial charge is 0.377 e. The third-order valence-corrected chi connectivity index (χ3v) is 2.34. The maximum absolute atomic E-state index is 5.45. The molecule has 1 rings (SSSR count). The molecular formula is C11H24N2O. The molecule has 0 aliphatic heterocycles. The summed E-state index contributed by atoms with van der Waals surface area (Å²) < 4.78 is 5.45. The van der Waals surface area contributed by atoms with Crippen molar-refractivity contribution in [2.24, 2.45) is 0 Å². The van der Waals surface area contributed by atoms with Crippen molar-refractivity contribution in [2.45, 2.75) is 51.8 Å². The molecule has 1 fully saturated rings. The molecule has 0 amide bonds. The van der Waals surface area contributed by atoms with Gasteiger partial charge in [-0.15, -0.1) is 0 Å². The van der Waals surface area contributed by atoms with E-state index in [1.54, 1.807) is 0 Å². The predicted octanol–water partition coefficient (Wildman–Crippen LogP) is 1.14. The van der Waals surface area contributed by atoms with Crippen LogP contribution in [0.3, 0.4) is 0 Å². The zero-order valence-corrected chi connectivity index (χ0v) is 9.68. The highest BCUT2D eigenvalue weighted by Crippen LogP contribution is 2.18. The first-order valence-corrected chi connectivity index (χ1v) is 5.77. The molecular weight excluding hydrogens is 176 g/mol. The van der Waals surface area contributed by atoms with Crippen molar-refractivity contribution in [1.82, 2.24) is 10.6 Å². The molecule has 0 aromatic heterocycles. The molecule has 0 saturated heterocycles. The van der Waals surface area contributed by atoms with Crippen LogP contribution in [0.1, 0.15) is 33.6 Å². The Morgan fingerprint density at radius 3 is 2.57 bits per heavy atom. The molecule has 1 aliphatic rings. The molecule has 0 bridgehead atoms. The van der Waals surface area contributed by atoms with Crippen molar-refractivity contribution >= 4 is 0 Å². The zero-order chi connectivity index (χ0) is 10.4. The standard InChI is InChI=1S/C11H24N2O/c1-9(2)14-7-6-12-10(3)8-13-11-4-5-11/h9-13H,4-8H2,1-3H3. The van der Waals surface area contributed by atoms with Gasteiger partial charge in [-0.25, -0.2) is 0 Å². The Bertz CT molecular complexity index is 146. The molecule has 0 radical (unpaired) electrons. The van der Waals surface area contributed by atoms with Crippen LogP contribution in [0.2, 0.25) is 0 Å². The lowest BCUT2D eigenvalue weighted by Crippen LogP contribution is -2.38. The van der Waals surface area contributed by atoms with Crippen LogP contribution in [0.5, 0.6) is 0 Å². The monoisotopic (exact) mass is 200 g/mol. The highest BCUT2D eigenvalue weighted by molar-refractivity contribution is 4.82.